The van der Waals surface area contributed by atoms with E-state index in [-0.39, 0.29) is 23.8 Å². The Hall–Kier alpha value is -1.85. The molecule has 2 saturated heterocycles. The number of hydrogen-bond acceptors (Lipinski definition) is 5. The average molecular weight is 623 g/mol. The molecule has 5 rings (SSSR count). The summed E-state index contributed by atoms with van der Waals surface area (Å²) in [6.45, 7) is 5.59. The summed E-state index contributed by atoms with van der Waals surface area (Å²) in [5, 5.41) is 0. The van der Waals surface area contributed by atoms with Crippen LogP contribution >= 0.6 is 0 Å². The van der Waals surface area contributed by atoms with Gasteiger partial charge in [0.15, 0.2) is 6.29 Å². The molecular formula is C40H62O5. The number of carbonyl (C=O) groups excluding carboxylic acids is 1. The smallest absolute Gasteiger partial charge is 0.337 e. The number of allylic oxidation sites excluding steroid dienone is 2. The summed E-state index contributed by atoms with van der Waals surface area (Å²) in [4.78, 5) is 12.2. The quantitative estimate of drug-likeness (QED) is 0.306. The van der Waals surface area contributed by atoms with E-state index in [0.717, 1.165) is 38.7 Å². The third-order valence-electron chi connectivity index (χ3n) is 12.5. The standard InChI is InChI=1S/C40H62O5/c1-5-39(6-2)22-16-14-12-10-8-7-9-11-13-15-17-23-40-24-25-44-38(43-4)32-26-33(28-39)36(34(40)27-32)45-35(29-40)30-18-20-31(21-19-30)37(41)42-3/h18-21,32,34-35,38H,5-17,22-29H2,1-4H3/t32-,34?,35?,38?,40?/m0/s1. The SMILES string of the molecule is CCC1(CC)CCCCCCCCCCCCCC23CCOC(OC)[C@H]4CC(=C(OC(c5ccc(C(=O)OC)cc5)C2)C3C4)C1. The molecule has 2 heterocycles. The molecule has 252 valence electrons. The van der Waals surface area contributed by atoms with Gasteiger partial charge in [-0.05, 0) is 79.0 Å². The molecule has 0 N–H and O–H groups in total. The first-order valence-electron chi connectivity index (χ1n) is 18.7. The lowest BCUT2D eigenvalue weighted by Crippen LogP contribution is -2.47. The summed E-state index contributed by atoms with van der Waals surface area (Å²) in [5.41, 5.74) is 3.77. The molecule has 4 unspecified atom stereocenters. The van der Waals surface area contributed by atoms with E-state index < -0.39 is 0 Å². The summed E-state index contributed by atoms with van der Waals surface area (Å²) in [7, 11) is 3.28. The summed E-state index contributed by atoms with van der Waals surface area (Å²) in [6.07, 6.45) is 25.1. The third kappa shape index (κ3) is 8.18. The first-order chi connectivity index (χ1) is 22.0. The number of carbonyl (C=O) groups is 1. The molecule has 5 atom stereocenters. The molecule has 1 aromatic carbocycles. The van der Waals surface area contributed by atoms with Crippen LogP contribution in [0.1, 0.15) is 164 Å². The zero-order valence-electron chi connectivity index (χ0n) is 29.0. The maximum atomic E-state index is 12.2. The molecule has 0 aromatic heterocycles. The highest BCUT2D eigenvalue weighted by molar-refractivity contribution is 5.89. The van der Waals surface area contributed by atoms with E-state index in [2.05, 4.69) is 26.0 Å². The molecule has 5 nitrogen and oxygen atoms in total. The van der Waals surface area contributed by atoms with E-state index in [1.807, 2.05) is 19.2 Å². The van der Waals surface area contributed by atoms with Gasteiger partial charge in [0, 0.05) is 18.9 Å². The van der Waals surface area contributed by atoms with Crippen LogP contribution in [0.2, 0.25) is 0 Å². The Kier molecular flexibility index (Phi) is 12.5. The number of methoxy groups -OCH3 is 2. The summed E-state index contributed by atoms with van der Waals surface area (Å²) < 4.78 is 24.9. The highest BCUT2D eigenvalue weighted by Crippen LogP contribution is 2.60. The van der Waals surface area contributed by atoms with E-state index in [1.165, 1.54) is 115 Å². The second kappa shape index (κ2) is 16.3. The van der Waals surface area contributed by atoms with Crippen molar-refractivity contribution in [2.75, 3.05) is 20.8 Å². The molecule has 45 heavy (non-hydrogen) atoms. The van der Waals surface area contributed by atoms with Gasteiger partial charge in [-0.15, -0.1) is 0 Å². The molecule has 2 aliphatic heterocycles. The van der Waals surface area contributed by atoms with Crippen molar-refractivity contribution in [1.29, 1.82) is 0 Å². The van der Waals surface area contributed by atoms with E-state index in [9.17, 15) is 4.79 Å². The molecular weight excluding hydrogens is 560 g/mol. The highest BCUT2D eigenvalue weighted by Gasteiger charge is 2.53. The van der Waals surface area contributed by atoms with Gasteiger partial charge in [-0.2, -0.15) is 0 Å². The van der Waals surface area contributed by atoms with Crippen LogP contribution in [0.25, 0.3) is 0 Å². The van der Waals surface area contributed by atoms with E-state index in [0.29, 0.717) is 22.8 Å². The van der Waals surface area contributed by atoms with Gasteiger partial charge in [0.1, 0.15) is 6.10 Å². The summed E-state index contributed by atoms with van der Waals surface area (Å²) >= 11 is 0. The van der Waals surface area contributed by atoms with Gasteiger partial charge in [-0.3, -0.25) is 0 Å². The maximum absolute atomic E-state index is 12.2. The summed E-state index contributed by atoms with van der Waals surface area (Å²) in [6, 6.07) is 8.01. The lowest BCUT2D eigenvalue weighted by Gasteiger charge is -2.54. The van der Waals surface area contributed by atoms with Gasteiger partial charge in [0.05, 0.1) is 25.0 Å². The van der Waals surface area contributed by atoms with E-state index in [1.54, 1.807) is 5.57 Å². The Morgan fingerprint density at radius 1 is 0.844 bits per heavy atom. The van der Waals surface area contributed by atoms with Crippen molar-refractivity contribution in [3.05, 3.63) is 46.7 Å². The largest absolute Gasteiger partial charge is 0.490 e. The molecule has 0 radical (unpaired) electrons. The van der Waals surface area contributed by atoms with Crippen LogP contribution in [-0.4, -0.2) is 33.1 Å². The molecule has 5 heteroatoms. The van der Waals surface area contributed by atoms with E-state index >= 15 is 0 Å². The fourth-order valence-electron chi connectivity index (χ4n) is 9.48. The van der Waals surface area contributed by atoms with Crippen molar-refractivity contribution >= 4 is 5.97 Å². The Morgan fingerprint density at radius 3 is 2.07 bits per heavy atom. The van der Waals surface area contributed by atoms with E-state index in [4.69, 9.17) is 18.9 Å². The van der Waals surface area contributed by atoms with Crippen molar-refractivity contribution in [2.45, 2.75) is 155 Å². The number of fused-ring (bicyclic) bond motifs is 1. The first kappa shape index (κ1) is 34.5. The van der Waals surface area contributed by atoms with Crippen LogP contribution in [0, 0.1) is 22.7 Å². The highest BCUT2D eigenvalue weighted by atomic mass is 16.7. The Bertz CT molecular complexity index is 1100. The monoisotopic (exact) mass is 622 g/mol. The molecule has 1 aromatic rings. The van der Waals surface area contributed by atoms with Crippen LogP contribution in [0.5, 0.6) is 0 Å². The number of hydrogen-bond donors (Lipinski definition) is 0. The molecule has 4 aliphatic rings. The van der Waals surface area contributed by atoms with Gasteiger partial charge < -0.3 is 18.9 Å². The van der Waals surface area contributed by atoms with Crippen LogP contribution in [-0.2, 0) is 18.9 Å². The lowest BCUT2D eigenvalue weighted by atomic mass is 9.57. The van der Waals surface area contributed by atoms with Crippen molar-refractivity contribution in [3.8, 4) is 0 Å². The fraction of sp³-hybridized carbons (Fsp3) is 0.775. The van der Waals surface area contributed by atoms with Crippen molar-refractivity contribution < 1.29 is 23.7 Å². The maximum Gasteiger partial charge on any atom is 0.337 e. The van der Waals surface area contributed by atoms with Crippen molar-refractivity contribution in [3.63, 3.8) is 0 Å². The van der Waals surface area contributed by atoms with Crippen LogP contribution in [0.15, 0.2) is 35.6 Å². The topological polar surface area (TPSA) is 54.0 Å². The lowest BCUT2D eigenvalue weighted by molar-refractivity contribution is -0.195. The molecule has 2 fully saturated rings. The molecule has 0 spiro atoms. The van der Waals surface area contributed by atoms with Gasteiger partial charge in [0.25, 0.3) is 0 Å². The zero-order chi connectivity index (χ0) is 31.7. The van der Waals surface area contributed by atoms with Gasteiger partial charge in [-0.1, -0.05) is 109 Å². The minimum Gasteiger partial charge on any atom is -0.490 e. The van der Waals surface area contributed by atoms with Gasteiger partial charge in [0.2, 0.25) is 0 Å². The van der Waals surface area contributed by atoms with Gasteiger partial charge >= 0.3 is 5.97 Å². The van der Waals surface area contributed by atoms with Crippen molar-refractivity contribution in [2.24, 2.45) is 22.7 Å². The fourth-order valence-corrected chi connectivity index (χ4v) is 9.48. The average Bonchev–Trinajstić information content (AvgIpc) is 3.06. The minimum atomic E-state index is -0.290. The van der Waals surface area contributed by atoms with Crippen LogP contribution in [0.3, 0.4) is 0 Å². The Labute approximate surface area is 274 Å². The molecule has 0 amide bonds. The second-order valence-electron chi connectivity index (χ2n) is 15.0. The predicted molar refractivity (Wildman–Crippen MR) is 181 cm³/mol. The zero-order valence-corrected chi connectivity index (χ0v) is 29.0. The Morgan fingerprint density at radius 2 is 1.47 bits per heavy atom. The second-order valence-corrected chi connectivity index (χ2v) is 15.0. The molecule has 0 saturated carbocycles. The molecule has 5 bridgehead atoms. The van der Waals surface area contributed by atoms with Crippen LogP contribution in [0.4, 0.5) is 0 Å². The van der Waals surface area contributed by atoms with Gasteiger partial charge in [-0.25, -0.2) is 4.79 Å². The first-order valence-corrected chi connectivity index (χ1v) is 18.7. The number of ether oxygens (including phenoxy) is 4. The molecule has 2 aliphatic carbocycles. The normalized spacial score (nSPS) is 31.8. The Balaban J connectivity index is 1.55. The summed E-state index contributed by atoms with van der Waals surface area (Å²) in [5.74, 6) is 1.83. The number of esters is 1. The minimum absolute atomic E-state index is 0.0149. The third-order valence-corrected chi connectivity index (χ3v) is 12.5. The van der Waals surface area contributed by atoms with Crippen LogP contribution < -0.4 is 0 Å². The number of rotatable bonds is 5. The predicted octanol–water partition coefficient (Wildman–Crippen LogP) is 10.9. The van der Waals surface area contributed by atoms with Crippen molar-refractivity contribution in [1.82, 2.24) is 0 Å². The number of benzene rings is 1.